The fourth-order valence-corrected chi connectivity index (χ4v) is 7.61. The second-order valence-corrected chi connectivity index (χ2v) is 9.77. The van der Waals surface area contributed by atoms with E-state index in [2.05, 4.69) is 13.8 Å². The molecule has 0 radical (unpaired) electrons. The molecule has 0 aliphatic heterocycles. The SMILES string of the molecule is CC(=O)OC1CC2C3CCC4CCCCC4(C)C3CCC2(C)C1. The van der Waals surface area contributed by atoms with E-state index in [9.17, 15) is 4.79 Å². The first kappa shape index (κ1) is 16.0. The predicted molar refractivity (Wildman–Crippen MR) is 91.9 cm³/mol. The second kappa shape index (κ2) is 5.49. The zero-order valence-electron chi connectivity index (χ0n) is 15.3. The summed E-state index contributed by atoms with van der Waals surface area (Å²) in [7, 11) is 0. The van der Waals surface area contributed by atoms with Crippen molar-refractivity contribution in [3.05, 3.63) is 0 Å². The number of fused-ring (bicyclic) bond motifs is 5. The van der Waals surface area contributed by atoms with Gasteiger partial charge in [0.15, 0.2) is 0 Å². The third-order valence-corrected chi connectivity index (χ3v) is 8.64. The fraction of sp³-hybridized carbons (Fsp3) is 0.952. The molecule has 0 spiro atoms. The first-order valence-corrected chi connectivity index (χ1v) is 10.1. The maximum atomic E-state index is 11.4. The van der Waals surface area contributed by atoms with Gasteiger partial charge in [-0.15, -0.1) is 0 Å². The van der Waals surface area contributed by atoms with Crippen molar-refractivity contribution in [2.45, 2.75) is 91.1 Å². The Balaban J connectivity index is 1.57. The lowest BCUT2D eigenvalue weighted by molar-refractivity contribution is -0.146. The molecule has 4 aliphatic rings. The number of carbonyl (C=O) groups is 1. The van der Waals surface area contributed by atoms with Gasteiger partial charge in [-0.3, -0.25) is 4.79 Å². The van der Waals surface area contributed by atoms with Gasteiger partial charge in [0.1, 0.15) is 6.10 Å². The Morgan fingerprint density at radius 2 is 1.83 bits per heavy atom. The van der Waals surface area contributed by atoms with E-state index in [-0.39, 0.29) is 12.1 Å². The normalized spacial score (nSPS) is 52.2. The summed E-state index contributed by atoms with van der Waals surface area (Å²) in [5.41, 5.74) is 1.04. The van der Waals surface area contributed by atoms with Crippen molar-refractivity contribution in [2.75, 3.05) is 0 Å². The lowest BCUT2D eigenvalue weighted by Crippen LogP contribution is -2.51. The zero-order chi connectivity index (χ0) is 16.2. The number of hydrogen-bond donors (Lipinski definition) is 0. The number of hydrogen-bond acceptors (Lipinski definition) is 2. The van der Waals surface area contributed by atoms with Crippen LogP contribution in [0.3, 0.4) is 0 Å². The smallest absolute Gasteiger partial charge is 0.302 e. The van der Waals surface area contributed by atoms with Crippen LogP contribution in [0.2, 0.25) is 0 Å². The highest BCUT2D eigenvalue weighted by Crippen LogP contribution is 2.66. The largest absolute Gasteiger partial charge is 0.463 e. The topological polar surface area (TPSA) is 26.3 Å². The van der Waals surface area contributed by atoms with Crippen LogP contribution in [-0.2, 0) is 9.53 Å². The molecule has 0 saturated heterocycles. The molecule has 0 bridgehead atoms. The number of carbonyl (C=O) groups excluding carboxylic acids is 1. The van der Waals surface area contributed by atoms with E-state index in [0.29, 0.717) is 10.8 Å². The molecule has 7 atom stereocenters. The van der Waals surface area contributed by atoms with Crippen LogP contribution < -0.4 is 0 Å². The lowest BCUT2D eigenvalue weighted by Gasteiger charge is -2.59. The second-order valence-electron chi connectivity index (χ2n) is 9.77. The van der Waals surface area contributed by atoms with Crippen LogP contribution >= 0.6 is 0 Å². The molecule has 0 amide bonds. The van der Waals surface area contributed by atoms with Crippen molar-refractivity contribution < 1.29 is 9.53 Å². The van der Waals surface area contributed by atoms with Crippen LogP contribution in [0.15, 0.2) is 0 Å². The number of rotatable bonds is 1. The van der Waals surface area contributed by atoms with Crippen molar-refractivity contribution in [1.29, 1.82) is 0 Å². The summed E-state index contributed by atoms with van der Waals surface area (Å²) < 4.78 is 5.64. The summed E-state index contributed by atoms with van der Waals surface area (Å²) in [6.45, 7) is 6.70. The Hall–Kier alpha value is -0.530. The predicted octanol–water partition coefficient (Wildman–Crippen LogP) is 5.35. The standard InChI is InChI=1S/C21H34O2/c1-14(22)23-16-12-19-17-8-7-15-6-4-5-10-21(15,3)18(17)9-11-20(19,2)13-16/h15-19H,4-13H2,1-3H3. The Labute approximate surface area is 141 Å². The van der Waals surface area contributed by atoms with Crippen LogP contribution in [0.1, 0.15) is 85.0 Å². The monoisotopic (exact) mass is 318 g/mol. The summed E-state index contributed by atoms with van der Waals surface area (Å²) in [5.74, 6) is 3.54. The van der Waals surface area contributed by atoms with Gasteiger partial charge < -0.3 is 4.74 Å². The minimum Gasteiger partial charge on any atom is -0.463 e. The summed E-state index contributed by atoms with van der Waals surface area (Å²) in [6.07, 6.45) is 14.0. The lowest BCUT2D eigenvalue weighted by atomic mass is 9.45. The molecule has 4 aliphatic carbocycles. The molecular formula is C21H34O2. The van der Waals surface area contributed by atoms with Gasteiger partial charge in [0.05, 0.1) is 0 Å². The molecule has 4 rings (SSSR count). The van der Waals surface area contributed by atoms with Gasteiger partial charge in [-0.2, -0.15) is 0 Å². The number of ether oxygens (including phenoxy) is 1. The fourth-order valence-electron chi connectivity index (χ4n) is 7.61. The Bertz CT molecular complexity index is 486. The molecule has 0 aromatic carbocycles. The molecule has 4 saturated carbocycles. The number of esters is 1. The van der Waals surface area contributed by atoms with E-state index in [1.165, 1.54) is 51.4 Å². The molecular weight excluding hydrogens is 284 g/mol. The van der Waals surface area contributed by atoms with Crippen LogP contribution in [0.5, 0.6) is 0 Å². The van der Waals surface area contributed by atoms with Gasteiger partial charge in [-0.1, -0.05) is 26.7 Å². The molecule has 2 heteroatoms. The molecule has 4 fully saturated rings. The summed E-state index contributed by atoms with van der Waals surface area (Å²) in [4.78, 5) is 11.4. The quantitative estimate of drug-likeness (QED) is 0.609. The highest BCUT2D eigenvalue weighted by Gasteiger charge is 2.59. The summed E-state index contributed by atoms with van der Waals surface area (Å²) in [6, 6.07) is 0. The van der Waals surface area contributed by atoms with Crippen molar-refractivity contribution in [2.24, 2.45) is 34.5 Å². The zero-order valence-corrected chi connectivity index (χ0v) is 15.3. The van der Waals surface area contributed by atoms with E-state index >= 15 is 0 Å². The Morgan fingerprint density at radius 1 is 1.00 bits per heavy atom. The molecule has 2 nitrogen and oxygen atoms in total. The van der Waals surface area contributed by atoms with E-state index in [4.69, 9.17) is 4.74 Å². The molecule has 0 aromatic heterocycles. The van der Waals surface area contributed by atoms with E-state index < -0.39 is 0 Å². The van der Waals surface area contributed by atoms with Gasteiger partial charge in [0.25, 0.3) is 0 Å². The van der Waals surface area contributed by atoms with Crippen molar-refractivity contribution >= 4 is 5.97 Å². The minimum atomic E-state index is -0.0863. The molecule has 130 valence electrons. The van der Waals surface area contributed by atoms with Crippen molar-refractivity contribution in [3.8, 4) is 0 Å². The van der Waals surface area contributed by atoms with E-state index in [1.54, 1.807) is 6.92 Å². The Kier molecular flexibility index (Phi) is 3.81. The van der Waals surface area contributed by atoms with E-state index in [0.717, 1.165) is 36.5 Å². The molecule has 0 aromatic rings. The third kappa shape index (κ3) is 2.46. The Morgan fingerprint density at radius 3 is 2.61 bits per heavy atom. The van der Waals surface area contributed by atoms with Gasteiger partial charge in [0, 0.05) is 6.92 Å². The van der Waals surface area contributed by atoms with Crippen molar-refractivity contribution in [3.63, 3.8) is 0 Å². The highest BCUT2D eigenvalue weighted by atomic mass is 16.5. The molecule has 0 heterocycles. The first-order valence-electron chi connectivity index (χ1n) is 10.1. The highest BCUT2D eigenvalue weighted by molar-refractivity contribution is 5.66. The average molecular weight is 319 g/mol. The molecule has 7 unspecified atom stereocenters. The van der Waals surface area contributed by atoms with Crippen molar-refractivity contribution in [1.82, 2.24) is 0 Å². The first-order chi connectivity index (χ1) is 10.9. The average Bonchev–Trinajstić information content (AvgIpc) is 2.81. The van der Waals surface area contributed by atoms with Crippen LogP contribution in [0.4, 0.5) is 0 Å². The van der Waals surface area contributed by atoms with Crippen LogP contribution in [0.25, 0.3) is 0 Å². The van der Waals surface area contributed by atoms with Gasteiger partial charge in [-0.25, -0.2) is 0 Å². The van der Waals surface area contributed by atoms with Crippen LogP contribution in [-0.4, -0.2) is 12.1 Å². The van der Waals surface area contributed by atoms with Gasteiger partial charge in [0.2, 0.25) is 0 Å². The molecule has 0 N–H and O–H groups in total. The van der Waals surface area contributed by atoms with Gasteiger partial charge >= 0.3 is 5.97 Å². The maximum absolute atomic E-state index is 11.4. The third-order valence-electron chi connectivity index (χ3n) is 8.64. The molecule has 23 heavy (non-hydrogen) atoms. The van der Waals surface area contributed by atoms with Gasteiger partial charge in [-0.05, 0) is 85.9 Å². The summed E-state index contributed by atoms with van der Waals surface area (Å²) >= 11 is 0. The van der Waals surface area contributed by atoms with E-state index in [1.807, 2.05) is 0 Å². The maximum Gasteiger partial charge on any atom is 0.302 e. The van der Waals surface area contributed by atoms with Crippen LogP contribution in [0, 0.1) is 34.5 Å². The summed E-state index contributed by atoms with van der Waals surface area (Å²) in [5, 5.41) is 0. The minimum absolute atomic E-state index is 0.0863.